The van der Waals surface area contributed by atoms with Crippen LogP contribution < -0.4 is 5.32 Å². The van der Waals surface area contributed by atoms with E-state index in [1.165, 1.54) is 31.2 Å². The lowest BCUT2D eigenvalue weighted by atomic mass is 10.2. The molecule has 2 rings (SSSR count). The fraction of sp³-hybridized carbons (Fsp3) is 0.214. The fourth-order valence-corrected chi connectivity index (χ4v) is 1.77. The summed E-state index contributed by atoms with van der Waals surface area (Å²) in [5.41, 5.74) is 0.478. The van der Waals surface area contributed by atoms with E-state index in [0.717, 1.165) is 0 Å². The van der Waals surface area contributed by atoms with Gasteiger partial charge in [-0.1, -0.05) is 16.8 Å². The van der Waals surface area contributed by atoms with Crippen LogP contribution in [-0.2, 0) is 9.53 Å². The van der Waals surface area contributed by atoms with Gasteiger partial charge in [0.2, 0.25) is 5.88 Å². The van der Waals surface area contributed by atoms with Crippen LogP contribution in [0.25, 0.3) is 0 Å². The first-order valence-electron chi connectivity index (χ1n) is 6.30. The summed E-state index contributed by atoms with van der Waals surface area (Å²) in [5, 5.41) is 15.9. The maximum absolute atomic E-state index is 11.9. The Kier molecular flexibility index (Phi) is 4.67. The van der Waals surface area contributed by atoms with Gasteiger partial charge in [0.15, 0.2) is 6.10 Å². The Labute approximate surface area is 130 Å². The molecule has 116 valence electrons. The van der Waals surface area contributed by atoms with E-state index < -0.39 is 18.0 Å². The molecule has 2 N–H and O–H groups in total. The number of esters is 1. The van der Waals surface area contributed by atoms with Gasteiger partial charge in [0.25, 0.3) is 5.91 Å². The van der Waals surface area contributed by atoms with Crippen LogP contribution in [0.2, 0.25) is 5.02 Å². The summed E-state index contributed by atoms with van der Waals surface area (Å²) >= 11 is 5.75. The zero-order valence-corrected chi connectivity index (χ0v) is 12.5. The molecule has 1 atom stereocenters. The van der Waals surface area contributed by atoms with Crippen LogP contribution in [0.15, 0.2) is 28.8 Å². The van der Waals surface area contributed by atoms with E-state index in [1.807, 2.05) is 0 Å². The number of hydrogen-bond donors (Lipinski definition) is 2. The third-order valence-electron chi connectivity index (χ3n) is 2.71. The van der Waals surface area contributed by atoms with Crippen LogP contribution in [0.4, 0.5) is 5.88 Å². The third kappa shape index (κ3) is 3.76. The molecule has 22 heavy (non-hydrogen) atoms. The molecule has 7 nitrogen and oxygen atoms in total. The number of nitrogens with one attached hydrogen (secondary N) is 1. The quantitative estimate of drug-likeness (QED) is 0.838. The lowest BCUT2D eigenvalue weighted by Crippen LogP contribution is -2.29. The maximum atomic E-state index is 11.9. The van der Waals surface area contributed by atoms with Crippen LogP contribution in [0.1, 0.15) is 23.0 Å². The number of anilines is 1. The van der Waals surface area contributed by atoms with E-state index in [-0.39, 0.29) is 22.2 Å². The minimum Gasteiger partial charge on any atom is -0.507 e. The maximum Gasteiger partial charge on any atom is 0.342 e. The molecular formula is C14H13ClN2O5. The molecular weight excluding hydrogens is 312 g/mol. The van der Waals surface area contributed by atoms with Crippen molar-refractivity contribution in [2.24, 2.45) is 0 Å². The molecule has 0 aliphatic carbocycles. The van der Waals surface area contributed by atoms with Gasteiger partial charge < -0.3 is 14.4 Å². The van der Waals surface area contributed by atoms with E-state index in [0.29, 0.717) is 5.69 Å². The van der Waals surface area contributed by atoms with Crippen molar-refractivity contribution in [2.75, 3.05) is 5.32 Å². The highest BCUT2D eigenvalue weighted by molar-refractivity contribution is 6.31. The Morgan fingerprint density at radius 2 is 2.14 bits per heavy atom. The predicted molar refractivity (Wildman–Crippen MR) is 77.9 cm³/mol. The normalized spacial score (nSPS) is 11.8. The number of phenolic OH excluding ortho intramolecular Hbond substituents is 1. The molecule has 0 saturated heterocycles. The van der Waals surface area contributed by atoms with Crippen LogP contribution in [0, 0.1) is 6.92 Å². The van der Waals surface area contributed by atoms with Crippen molar-refractivity contribution in [3.63, 3.8) is 0 Å². The second-order valence-electron chi connectivity index (χ2n) is 4.53. The summed E-state index contributed by atoms with van der Waals surface area (Å²) in [6.07, 6.45) is -1.10. The summed E-state index contributed by atoms with van der Waals surface area (Å²) in [7, 11) is 0. The van der Waals surface area contributed by atoms with Gasteiger partial charge in [0.05, 0.1) is 5.69 Å². The number of rotatable bonds is 4. The topological polar surface area (TPSA) is 102 Å². The highest BCUT2D eigenvalue weighted by atomic mass is 35.5. The molecule has 8 heteroatoms. The molecule has 1 aromatic heterocycles. The molecule has 2 aromatic rings. The molecule has 0 saturated carbocycles. The van der Waals surface area contributed by atoms with Gasteiger partial charge in [-0.05, 0) is 32.0 Å². The number of phenols is 1. The lowest BCUT2D eigenvalue weighted by molar-refractivity contribution is -0.123. The molecule has 0 fully saturated rings. The van der Waals surface area contributed by atoms with Gasteiger partial charge >= 0.3 is 5.97 Å². The summed E-state index contributed by atoms with van der Waals surface area (Å²) in [5.74, 6) is -1.59. The lowest BCUT2D eigenvalue weighted by Gasteiger charge is -2.12. The Morgan fingerprint density at radius 1 is 1.41 bits per heavy atom. The highest BCUT2D eigenvalue weighted by Gasteiger charge is 2.22. The third-order valence-corrected chi connectivity index (χ3v) is 2.94. The molecule has 1 aromatic carbocycles. The van der Waals surface area contributed by atoms with E-state index in [4.69, 9.17) is 20.9 Å². The highest BCUT2D eigenvalue weighted by Crippen LogP contribution is 2.22. The summed E-state index contributed by atoms with van der Waals surface area (Å²) in [4.78, 5) is 23.8. The van der Waals surface area contributed by atoms with Crippen LogP contribution in [0.3, 0.4) is 0 Å². The fourth-order valence-electron chi connectivity index (χ4n) is 1.59. The number of hydrogen-bond acceptors (Lipinski definition) is 6. The van der Waals surface area contributed by atoms with Crippen molar-refractivity contribution < 1.29 is 24.0 Å². The second kappa shape index (κ2) is 6.48. The number of amides is 1. The van der Waals surface area contributed by atoms with E-state index >= 15 is 0 Å². The summed E-state index contributed by atoms with van der Waals surface area (Å²) < 4.78 is 9.81. The Morgan fingerprint density at radius 3 is 2.77 bits per heavy atom. The Balaban J connectivity index is 2.01. The molecule has 0 bridgehead atoms. The van der Waals surface area contributed by atoms with Crippen molar-refractivity contribution in [3.05, 3.63) is 40.5 Å². The summed E-state index contributed by atoms with van der Waals surface area (Å²) in [6, 6.07) is 5.47. The van der Waals surface area contributed by atoms with Gasteiger partial charge in [-0.15, -0.1) is 0 Å². The largest absolute Gasteiger partial charge is 0.507 e. The molecule has 0 radical (unpaired) electrons. The molecule has 0 spiro atoms. The average Bonchev–Trinajstić information content (AvgIpc) is 2.86. The van der Waals surface area contributed by atoms with Crippen LogP contribution >= 0.6 is 11.6 Å². The van der Waals surface area contributed by atoms with Gasteiger partial charge in [0, 0.05) is 11.1 Å². The number of carbonyl (C=O) groups excluding carboxylic acids is 2. The number of halogens is 1. The van der Waals surface area contributed by atoms with E-state index in [9.17, 15) is 14.7 Å². The number of aromatic nitrogens is 1. The van der Waals surface area contributed by atoms with Crippen molar-refractivity contribution in [1.29, 1.82) is 0 Å². The number of carbonyl (C=O) groups is 2. The van der Waals surface area contributed by atoms with Crippen LogP contribution in [-0.4, -0.2) is 28.2 Å². The summed E-state index contributed by atoms with van der Waals surface area (Å²) in [6.45, 7) is 3.09. The molecule has 1 heterocycles. The zero-order chi connectivity index (χ0) is 16.3. The standard InChI is InChI=1S/C14H13ClN2O5/c1-7-5-12(22-17-7)16-13(19)8(2)21-14(20)10-6-9(15)3-4-11(10)18/h3-6,8,18H,1-2H3,(H,16,19). The van der Waals surface area contributed by atoms with E-state index in [2.05, 4.69) is 10.5 Å². The minimum atomic E-state index is -1.10. The monoisotopic (exact) mass is 324 g/mol. The first-order valence-corrected chi connectivity index (χ1v) is 6.68. The molecule has 1 amide bonds. The van der Waals surface area contributed by atoms with Crippen molar-refractivity contribution in [1.82, 2.24) is 5.16 Å². The van der Waals surface area contributed by atoms with Gasteiger partial charge in [-0.2, -0.15) is 0 Å². The second-order valence-corrected chi connectivity index (χ2v) is 4.97. The molecule has 0 aliphatic heterocycles. The Hall–Kier alpha value is -2.54. The molecule has 0 aliphatic rings. The van der Waals surface area contributed by atoms with Crippen molar-refractivity contribution in [3.8, 4) is 5.75 Å². The minimum absolute atomic E-state index is 0.123. The van der Waals surface area contributed by atoms with Gasteiger partial charge in [-0.25, -0.2) is 4.79 Å². The zero-order valence-electron chi connectivity index (χ0n) is 11.8. The number of aromatic hydroxyl groups is 1. The average molecular weight is 325 g/mol. The first-order chi connectivity index (χ1) is 10.4. The van der Waals surface area contributed by atoms with Gasteiger partial charge in [-0.3, -0.25) is 10.1 Å². The predicted octanol–water partition coefficient (Wildman–Crippen LogP) is 2.53. The number of aryl methyl sites for hydroxylation is 1. The number of ether oxygens (including phenoxy) is 1. The van der Waals surface area contributed by atoms with Gasteiger partial charge in [0.1, 0.15) is 11.3 Å². The first kappa shape index (κ1) is 15.8. The molecule has 1 unspecified atom stereocenters. The van der Waals surface area contributed by atoms with Crippen molar-refractivity contribution in [2.45, 2.75) is 20.0 Å². The SMILES string of the molecule is Cc1cc(NC(=O)C(C)OC(=O)c2cc(Cl)ccc2O)on1. The Bertz CT molecular complexity index is 713. The van der Waals surface area contributed by atoms with Crippen LogP contribution in [0.5, 0.6) is 5.75 Å². The van der Waals surface area contributed by atoms with E-state index in [1.54, 1.807) is 6.92 Å². The number of benzene rings is 1. The smallest absolute Gasteiger partial charge is 0.342 e. The number of nitrogens with zero attached hydrogens (tertiary/aromatic N) is 1. The van der Waals surface area contributed by atoms with Crippen molar-refractivity contribution >= 4 is 29.4 Å².